The zero-order chi connectivity index (χ0) is 19.0. The van der Waals surface area contributed by atoms with Crippen LogP contribution in [-0.2, 0) is 0 Å². The van der Waals surface area contributed by atoms with E-state index in [0.29, 0.717) is 11.3 Å². The number of halogens is 3. The third-order valence-electron chi connectivity index (χ3n) is 6.93. The number of hydrogen-bond donors (Lipinski definition) is 0. The Morgan fingerprint density at radius 3 is 2.56 bits per heavy atom. The van der Waals surface area contributed by atoms with E-state index in [1.807, 2.05) is 12.1 Å². The van der Waals surface area contributed by atoms with E-state index in [-0.39, 0.29) is 0 Å². The fourth-order valence-electron chi connectivity index (χ4n) is 5.39. The number of rotatable bonds is 4. The molecule has 146 valence electrons. The van der Waals surface area contributed by atoms with Gasteiger partial charge in [-0.3, -0.25) is 0 Å². The SMILES string of the molecule is CCC1CCC2CC(c3ccc4c(F)c(OC(F)F)ccc4c3)CCC2C1. The molecule has 2 aliphatic rings. The van der Waals surface area contributed by atoms with E-state index < -0.39 is 18.2 Å². The molecule has 27 heavy (non-hydrogen) atoms. The summed E-state index contributed by atoms with van der Waals surface area (Å²) in [6.07, 6.45) is 9.11. The molecule has 0 spiro atoms. The van der Waals surface area contributed by atoms with Crippen molar-refractivity contribution in [2.45, 2.75) is 64.4 Å². The lowest BCUT2D eigenvalue weighted by molar-refractivity contribution is -0.0520. The maximum absolute atomic E-state index is 14.4. The topological polar surface area (TPSA) is 9.23 Å². The number of fused-ring (bicyclic) bond motifs is 2. The standard InChI is InChI=1S/C23H27F3O/c1-2-14-3-4-16-12-17(6-5-15(16)11-14)18-7-9-20-19(13-18)8-10-21(22(20)24)27-23(25)26/h7-10,13-17,23H,2-6,11-12H2,1H3. The van der Waals surface area contributed by atoms with E-state index >= 15 is 0 Å². The molecule has 0 radical (unpaired) electrons. The molecule has 4 rings (SSSR count). The number of alkyl halides is 2. The summed E-state index contributed by atoms with van der Waals surface area (Å²) in [6.45, 7) is -0.711. The van der Waals surface area contributed by atoms with Gasteiger partial charge in [-0.25, -0.2) is 4.39 Å². The Morgan fingerprint density at radius 1 is 1.00 bits per heavy atom. The minimum Gasteiger partial charge on any atom is -0.432 e. The van der Waals surface area contributed by atoms with Gasteiger partial charge < -0.3 is 4.74 Å². The van der Waals surface area contributed by atoms with Crippen molar-refractivity contribution in [3.8, 4) is 5.75 Å². The Labute approximate surface area is 158 Å². The highest BCUT2D eigenvalue weighted by molar-refractivity contribution is 5.85. The lowest BCUT2D eigenvalue weighted by Crippen LogP contribution is -2.30. The predicted molar refractivity (Wildman–Crippen MR) is 102 cm³/mol. The van der Waals surface area contributed by atoms with Gasteiger partial charge in [0.15, 0.2) is 11.6 Å². The summed E-state index contributed by atoms with van der Waals surface area (Å²) in [4.78, 5) is 0. The third-order valence-corrected chi connectivity index (χ3v) is 6.93. The third kappa shape index (κ3) is 3.81. The molecular weight excluding hydrogens is 349 g/mol. The van der Waals surface area contributed by atoms with Crippen molar-refractivity contribution in [2.24, 2.45) is 17.8 Å². The van der Waals surface area contributed by atoms with Gasteiger partial charge in [-0.15, -0.1) is 0 Å². The highest BCUT2D eigenvalue weighted by atomic mass is 19.3. The van der Waals surface area contributed by atoms with Gasteiger partial charge in [0.25, 0.3) is 0 Å². The summed E-state index contributed by atoms with van der Waals surface area (Å²) in [7, 11) is 0. The van der Waals surface area contributed by atoms with Gasteiger partial charge in [-0.1, -0.05) is 44.0 Å². The average Bonchev–Trinajstić information content (AvgIpc) is 2.68. The molecule has 4 unspecified atom stereocenters. The Balaban J connectivity index is 1.53. The Hall–Kier alpha value is -1.71. The quantitative estimate of drug-likeness (QED) is 0.544. The van der Waals surface area contributed by atoms with Crippen LogP contribution >= 0.6 is 0 Å². The van der Waals surface area contributed by atoms with E-state index in [9.17, 15) is 13.2 Å². The smallest absolute Gasteiger partial charge is 0.387 e. The molecule has 0 aromatic heterocycles. The molecule has 0 amide bonds. The van der Waals surface area contributed by atoms with Crippen molar-refractivity contribution in [1.82, 2.24) is 0 Å². The first-order valence-corrected chi connectivity index (χ1v) is 10.2. The lowest BCUT2D eigenvalue weighted by atomic mass is 9.63. The number of ether oxygens (including phenoxy) is 1. The molecule has 2 aromatic rings. The number of hydrogen-bond acceptors (Lipinski definition) is 1. The van der Waals surface area contributed by atoms with Crippen LogP contribution in [0.3, 0.4) is 0 Å². The minimum absolute atomic E-state index is 0.342. The van der Waals surface area contributed by atoms with Crippen LogP contribution < -0.4 is 4.74 Å². The van der Waals surface area contributed by atoms with Crippen molar-refractivity contribution in [3.05, 3.63) is 41.7 Å². The molecule has 0 N–H and O–H groups in total. The van der Waals surface area contributed by atoms with Crippen molar-refractivity contribution in [1.29, 1.82) is 0 Å². The zero-order valence-electron chi connectivity index (χ0n) is 15.8. The molecule has 0 bridgehead atoms. The normalized spacial score (nSPS) is 28.3. The van der Waals surface area contributed by atoms with Gasteiger partial charge in [-0.05, 0) is 72.8 Å². The summed E-state index contributed by atoms with van der Waals surface area (Å²) in [6, 6.07) is 8.71. The monoisotopic (exact) mass is 376 g/mol. The minimum atomic E-state index is -3.02. The summed E-state index contributed by atoms with van der Waals surface area (Å²) >= 11 is 0. The first kappa shape index (κ1) is 18.6. The zero-order valence-corrected chi connectivity index (χ0v) is 15.8. The van der Waals surface area contributed by atoms with E-state index in [1.165, 1.54) is 56.6 Å². The van der Waals surface area contributed by atoms with Gasteiger partial charge in [0.1, 0.15) is 0 Å². The van der Waals surface area contributed by atoms with Gasteiger partial charge in [0.05, 0.1) is 0 Å². The lowest BCUT2D eigenvalue weighted by Gasteiger charge is -2.42. The van der Waals surface area contributed by atoms with Crippen LogP contribution in [0.4, 0.5) is 13.2 Å². The van der Waals surface area contributed by atoms with Gasteiger partial charge in [0.2, 0.25) is 0 Å². The van der Waals surface area contributed by atoms with Crippen molar-refractivity contribution < 1.29 is 17.9 Å². The molecule has 2 aliphatic carbocycles. The maximum atomic E-state index is 14.4. The molecule has 0 aliphatic heterocycles. The van der Waals surface area contributed by atoms with Crippen LogP contribution in [0.15, 0.2) is 30.3 Å². The molecule has 1 nitrogen and oxygen atoms in total. The van der Waals surface area contributed by atoms with Crippen LogP contribution in [0.2, 0.25) is 0 Å². The Kier molecular flexibility index (Phi) is 5.34. The highest BCUT2D eigenvalue weighted by Crippen LogP contribution is 2.48. The van der Waals surface area contributed by atoms with Crippen LogP contribution in [0, 0.1) is 23.6 Å². The second-order valence-corrected chi connectivity index (χ2v) is 8.35. The summed E-state index contributed by atoms with van der Waals surface area (Å²) in [5.74, 6) is 2.04. The second-order valence-electron chi connectivity index (χ2n) is 8.35. The molecule has 2 fully saturated rings. The summed E-state index contributed by atoms with van der Waals surface area (Å²) in [5.41, 5.74) is 1.25. The molecule has 2 aromatic carbocycles. The van der Waals surface area contributed by atoms with Crippen LogP contribution in [0.25, 0.3) is 10.8 Å². The van der Waals surface area contributed by atoms with E-state index in [4.69, 9.17) is 0 Å². The van der Waals surface area contributed by atoms with E-state index in [2.05, 4.69) is 11.7 Å². The Bertz CT molecular complexity index is 804. The molecule has 0 heterocycles. The maximum Gasteiger partial charge on any atom is 0.387 e. The predicted octanol–water partition coefficient (Wildman–Crippen LogP) is 7.29. The van der Waals surface area contributed by atoms with Crippen LogP contribution in [0.1, 0.15) is 63.4 Å². The van der Waals surface area contributed by atoms with Crippen molar-refractivity contribution in [3.63, 3.8) is 0 Å². The number of benzene rings is 2. The summed E-state index contributed by atoms with van der Waals surface area (Å²) in [5, 5.41) is 1.09. The van der Waals surface area contributed by atoms with Gasteiger partial charge >= 0.3 is 6.61 Å². The first-order valence-electron chi connectivity index (χ1n) is 10.2. The molecule has 4 atom stereocenters. The van der Waals surface area contributed by atoms with Gasteiger partial charge in [-0.2, -0.15) is 8.78 Å². The summed E-state index contributed by atoms with van der Waals surface area (Å²) < 4.78 is 43.5. The largest absolute Gasteiger partial charge is 0.432 e. The highest BCUT2D eigenvalue weighted by Gasteiger charge is 2.35. The van der Waals surface area contributed by atoms with Crippen LogP contribution in [0.5, 0.6) is 5.75 Å². The molecule has 2 saturated carbocycles. The van der Waals surface area contributed by atoms with E-state index in [0.717, 1.165) is 23.1 Å². The average molecular weight is 376 g/mol. The first-order chi connectivity index (χ1) is 13.0. The van der Waals surface area contributed by atoms with Gasteiger partial charge in [0, 0.05) is 5.39 Å². The fraction of sp³-hybridized carbons (Fsp3) is 0.565. The van der Waals surface area contributed by atoms with Crippen LogP contribution in [-0.4, -0.2) is 6.61 Å². The second kappa shape index (κ2) is 7.73. The molecule has 0 saturated heterocycles. The Morgan fingerprint density at radius 2 is 1.78 bits per heavy atom. The molecular formula is C23H27F3O. The fourth-order valence-corrected chi connectivity index (χ4v) is 5.39. The van der Waals surface area contributed by atoms with E-state index in [1.54, 1.807) is 12.1 Å². The molecule has 4 heteroatoms. The van der Waals surface area contributed by atoms with Crippen molar-refractivity contribution in [2.75, 3.05) is 0 Å². The van der Waals surface area contributed by atoms with Crippen molar-refractivity contribution >= 4 is 10.8 Å².